The van der Waals surface area contributed by atoms with Gasteiger partial charge in [-0.2, -0.15) is 4.31 Å². The molecule has 2 heterocycles. The maximum absolute atomic E-state index is 13.4. The normalized spacial score (nSPS) is 17.2. The summed E-state index contributed by atoms with van der Waals surface area (Å²) in [7, 11) is -2.40. The number of ether oxygens (including phenoxy) is 2. The van der Waals surface area contributed by atoms with Crippen LogP contribution < -0.4 is 4.74 Å². The Morgan fingerprint density at radius 3 is 2.75 bits per heavy atom. The van der Waals surface area contributed by atoms with E-state index in [2.05, 4.69) is 4.98 Å². The average Bonchev–Trinajstić information content (AvgIpc) is 2.82. The molecule has 1 aliphatic rings. The van der Waals surface area contributed by atoms with Crippen LogP contribution in [0.3, 0.4) is 0 Å². The standard InChI is InChI=1S/C24H26N2O5S/c1-17-7-3-4-14-26(17)32(28,29)22-15-19(11-12-21(22)30-2)24(27)31-16-20-9-5-8-18-10-6-13-25-23(18)20/h5-6,8-13,15,17H,3-4,7,14,16H2,1-2H3. The van der Waals surface area contributed by atoms with Crippen LogP contribution in [0.25, 0.3) is 10.9 Å². The molecule has 0 bridgehead atoms. The number of rotatable bonds is 6. The van der Waals surface area contributed by atoms with Gasteiger partial charge in [-0.25, -0.2) is 13.2 Å². The van der Waals surface area contributed by atoms with Gasteiger partial charge in [0.15, 0.2) is 0 Å². The van der Waals surface area contributed by atoms with E-state index in [0.717, 1.165) is 35.7 Å². The number of carbonyl (C=O) groups is 1. The first-order chi connectivity index (χ1) is 15.4. The van der Waals surface area contributed by atoms with Crippen molar-refractivity contribution >= 4 is 26.9 Å². The highest BCUT2D eigenvalue weighted by Gasteiger charge is 2.33. The summed E-state index contributed by atoms with van der Waals surface area (Å²) in [6, 6.07) is 13.7. The largest absolute Gasteiger partial charge is 0.495 e. The minimum Gasteiger partial charge on any atom is -0.495 e. The molecule has 1 aromatic heterocycles. The summed E-state index contributed by atoms with van der Waals surface area (Å²) in [5.74, 6) is -0.402. The molecule has 2 aromatic carbocycles. The van der Waals surface area contributed by atoms with Crippen molar-refractivity contribution in [1.82, 2.24) is 9.29 Å². The van der Waals surface area contributed by atoms with Gasteiger partial charge in [-0.3, -0.25) is 4.98 Å². The van der Waals surface area contributed by atoms with Gasteiger partial charge in [0.25, 0.3) is 0 Å². The summed E-state index contributed by atoms with van der Waals surface area (Å²) in [5.41, 5.74) is 1.70. The molecular weight excluding hydrogens is 428 g/mol. The van der Waals surface area contributed by atoms with Gasteiger partial charge in [0, 0.05) is 29.7 Å². The maximum Gasteiger partial charge on any atom is 0.338 e. The minimum absolute atomic E-state index is 0.0185. The van der Waals surface area contributed by atoms with Crippen LogP contribution in [0.5, 0.6) is 5.75 Å². The lowest BCUT2D eigenvalue weighted by Gasteiger charge is -2.32. The molecule has 1 unspecified atom stereocenters. The number of esters is 1. The zero-order valence-corrected chi connectivity index (χ0v) is 19.0. The second kappa shape index (κ2) is 9.26. The first-order valence-electron chi connectivity index (χ1n) is 10.6. The van der Waals surface area contributed by atoms with Crippen LogP contribution in [0.1, 0.15) is 42.1 Å². The average molecular weight is 455 g/mol. The highest BCUT2D eigenvalue weighted by atomic mass is 32.2. The fourth-order valence-electron chi connectivity index (χ4n) is 4.07. The van der Waals surface area contributed by atoms with Crippen molar-refractivity contribution in [2.75, 3.05) is 13.7 Å². The van der Waals surface area contributed by atoms with E-state index < -0.39 is 16.0 Å². The number of nitrogens with zero attached hydrogens (tertiary/aromatic N) is 2. The van der Waals surface area contributed by atoms with E-state index in [1.165, 1.54) is 29.6 Å². The zero-order chi connectivity index (χ0) is 22.7. The molecule has 7 nitrogen and oxygen atoms in total. The van der Waals surface area contributed by atoms with Crippen molar-refractivity contribution < 1.29 is 22.7 Å². The van der Waals surface area contributed by atoms with E-state index in [4.69, 9.17) is 9.47 Å². The third-order valence-corrected chi connectivity index (χ3v) is 7.84. The van der Waals surface area contributed by atoms with Crippen molar-refractivity contribution in [1.29, 1.82) is 0 Å². The van der Waals surface area contributed by atoms with Gasteiger partial charge in [-0.05, 0) is 44.0 Å². The van der Waals surface area contributed by atoms with E-state index in [-0.39, 0.29) is 28.9 Å². The number of methoxy groups -OCH3 is 1. The zero-order valence-electron chi connectivity index (χ0n) is 18.2. The number of piperidine rings is 1. The molecule has 4 rings (SSSR count). The van der Waals surface area contributed by atoms with Crippen molar-refractivity contribution in [2.45, 2.75) is 43.7 Å². The maximum atomic E-state index is 13.4. The highest BCUT2D eigenvalue weighted by Crippen LogP contribution is 2.32. The molecule has 1 atom stereocenters. The summed E-state index contributed by atoms with van der Waals surface area (Å²) in [6.45, 7) is 2.39. The molecule has 0 radical (unpaired) electrons. The quantitative estimate of drug-likeness (QED) is 0.520. The second-order valence-electron chi connectivity index (χ2n) is 7.89. The van der Waals surface area contributed by atoms with Crippen LogP contribution in [0.4, 0.5) is 0 Å². The molecule has 168 valence electrons. The molecule has 32 heavy (non-hydrogen) atoms. The van der Waals surface area contributed by atoms with Gasteiger partial charge >= 0.3 is 5.97 Å². The SMILES string of the molecule is COc1ccc(C(=O)OCc2cccc3cccnc23)cc1S(=O)(=O)N1CCCCC1C. The number of benzene rings is 2. The van der Waals surface area contributed by atoms with E-state index in [0.29, 0.717) is 6.54 Å². The van der Waals surface area contributed by atoms with E-state index in [1.54, 1.807) is 6.20 Å². The van der Waals surface area contributed by atoms with E-state index in [1.807, 2.05) is 37.3 Å². The Hall–Kier alpha value is -2.97. The summed E-state index contributed by atoms with van der Waals surface area (Å²) in [4.78, 5) is 17.1. The van der Waals surface area contributed by atoms with Crippen LogP contribution in [-0.4, -0.2) is 43.4 Å². The number of fused-ring (bicyclic) bond motifs is 1. The van der Waals surface area contributed by atoms with E-state index >= 15 is 0 Å². The Morgan fingerprint density at radius 2 is 1.97 bits per heavy atom. The summed E-state index contributed by atoms with van der Waals surface area (Å²) in [6.07, 6.45) is 4.31. The van der Waals surface area contributed by atoms with Gasteiger partial charge in [-0.1, -0.05) is 30.7 Å². The number of sulfonamides is 1. The number of hydrogen-bond acceptors (Lipinski definition) is 6. The molecule has 3 aromatic rings. The Balaban J connectivity index is 1.59. The van der Waals surface area contributed by atoms with Crippen LogP contribution in [-0.2, 0) is 21.4 Å². The van der Waals surface area contributed by atoms with Crippen LogP contribution in [0.15, 0.2) is 59.6 Å². The van der Waals surface area contributed by atoms with Crippen LogP contribution in [0, 0.1) is 0 Å². The van der Waals surface area contributed by atoms with Gasteiger partial charge in [0.05, 0.1) is 18.2 Å². The molecule has 1 fully saturated rings. The summed E-state index contributed by atoms with van der Waals surface area (Å²) >= 11 is 0. The fraction of sp³-hybridized carbons (Fsp3) is 0.333. The number of pyridine rings is 1. The molecule has 0 saturated carbocycles. The topological polar surface area (TPSA) is 85.8 Å². The number of para-hydroxylation sites is 1. The summed E-state index contributed by atoms with van der Waals surface area (Å²) in [5, 5.41) is 0.953. The van der Waals surface area contributed by atoms with Crippen molar-refractivity contribution in [3.63, 3.8) is 0 Å². The summed E-state index contributed by atoms with van der Waals surface area (Å²) < 4.78 is 39.0. The first kappa shape index (κ1) is 22.2. The minimum atomic E-state index is -3.82. The molecule has 1 aliphatic heterocycles. The van der Waals surface area contributed by atoms with E-state index in [9.17, 15) is 13.2 Å². The molecule has 0 N–H and O–H groups in total. The molecule has 0 amide bonds. The van der Waals surface area contributed by atoms with Crippen molar-refractivity contribution in [2.24, 2.45) is 0 Å². The van der Waals surface area contributed by atoms with Gasteiger partial charge in [0.2, 0.25) is 10.0 Å². The Kier molecular flexibility index (Phi) is 6.43. The lowest BCUT2D eigenvalue weighted by molar-refractivity contribution is 0.0474. The van der Waals surface area contributed by atoms with Gasteiger partial charge < -0.3 is 9.47 Å². The van der Waals surface area contributed by atoms with Gasteiger partial charge in [0.1, 0.15) is 17.3 Å². The lowest BCUT2D eigenvalue weighted by Crippen LogP contribution is -2.42. The predicted octanol–water partition coefficient (Wildman–Crippen LogP) is 4.16. The number of carbonyl (C=O) groups excluding carboxylic acids is 1. The molecule has 0 aliphatic carbocycles. The third-order valence-electron chi connectivity index (χ3n) is 5.80. The molecule has 0 spiro atoms. The lowest BCUT2D eigenvalue weighted by atomic mass is 10.1. The monoisotopic (exact) mass is 454 g/mol. The van der Waals surface area contributed by atoms with Crippen LogP contribution in [0.2, 0.25) is 0 Å². The smallest absolute Gasteiger partial charge is 0.338 e. The van der Waals surface area contributed by atoms with Crippen molar-refractivity contribution in [3.8, 4) is 5.75 Å². The third kappa shape index (κ3) is 4.33. The fourth-order valence-corrected chi connectivity index (χ4v) is 5.95. The first-order valence-corrected chi connectivity index (χ1v) is 12.1. The molecule has 1 saturated heterocycles. The van der Waals surface area contributed by atoms with Crippen LogP contribution >= 0.6 is 0 Å². The highest BCUT2D eigenvalue weighted by molar-refractivity contribution is 7.89. The Bertz CT molecular complexity index is 1240. The molecule has 8 heteroatoms. The van der Waals surface area contributed by atoms with Crippen molar-refractivity contribution in [3.05, 3.63) is 65.9 Å². The predicted molar refractivity (Wildman–Crippen MR) is 121 cm³/mol. The second-order valence-corrected chi connectivity index (χ2v) is 9.75. The Morgan fingerprint density at radius 1 is 1.16 bits per heavy atom. The Labute approximate surface area is 188 Å². The van der Waals surface area contributed by atoms with Gasteiger partial charge in [-0.15, -0.1) is 0 Å². The number of aromatic nitrogens is 1. The molecular formula is C24H26N2O5S. The number of hydrogen-bond donors (Lipinski definition) is 0.